The van der Waals surface area contributed by atoms with Crippen molar-refractivity contribution in [2.24, 2.45) is 5.73 Å². The normalized spacial score (nSPS) is 12.5. The van der Waals surface area contributed by atoms with Crippen LogP contribution in [0.4, 0.5) is 0 Å². The lowest BCUT2D eigenvalue weighted by Crippen LogP contribution is -2.15. The molecule has 0 heterocycles. The fourth-order valence-corrected chi connectivity index (χ4v) is 1.31. The third-order valence-electron chi connectivity index (χ3n) is 2.04. The van der Waals surface area contributed by atoms with E-state index in [2.05, 4.69) is 0 Å². The van der Waals surface area contributed by atoms with Gasteiger partial charge in [-0.15, -0.1) is 0 Å². The van der Waals surface area contributed by atoms with E-state index < -0.39 is 6.04 Å². The quantitative estimate of drug-likeness (QED) is 0.613. The van der Waals surface area contributed by atoms with Crippen LogP contribution in [0.15, 0.2) is 12.1 Å². The van der Waals surface area contributed by atoms with E-state index in [-0.39, 0.29) is 17.9 Å². The van der Waals surface area contributed by atoms with Crippen molar-refractivity contribution in [2.75, 3.05) is 6.61 Å². The number of aryl methyl sites for hydroxylation is 1. The second-order valence-corrected chi connectivity index (χ2v) is 3.20. The summed E-state index contributed by atoms with van der Waals surface area (Å²) >= 11 is 0. The molecule has 14 heavy (non-hydrogen) atoms. The Bertz CT molecular complexity index is 349. The van der Waals surface area contributed by atoms with Crippen LogP contribution in [0.25, 0.3) is 0 Å². The van der Waals surface area contributed by atoms with Gasteiger partial charge in [0.15, 0.2) is 6.29 Å². The Hall–Kier alpha value is -1.39. The number of aliphatic hydroxyl groups is 1. The number of phenolic OH excluding ortho intramolecular Hbond substituents is 1. The van der Waals surface area contributed by atoms with Gasteiger partial charge in [-0.2, -0.15) is 0 Å². The zero-order chi connectivity index (χ0) is 10.7. The van der Waals surface area contributed by atoms with E-state index in [1.165, 1.54) is 0 Å². The Balaban J connectivity index is 3.28. The zero-order valence-corrected chi connectivity index (χ0v) is 7.90. The zero-order valence-electron chi connectivity index (χ0n) is 7.90. The monoisotopic (exact) mass is 195 g/mol. The van der Waals surface area contributed by atoms with E-state index in [0.29, 0.717) is 11.8 Å². The number of hydrogen-bond acceptors (Lipinski definition) is 4. The van der Waals surface area contributed by atoms with Gasteiger partial charge in [0.25, 0.3) is 0 Å². The van der Waals surface area contributed by atoms with Crippen molar-refractivity contribution < 1.29 is 15.0 Å². The number of aromatic hydroxyl groups is 1. The predicted octanol–water partition coefficient (Wildman–Crippen LogP) is 0.505. The number of carbonyl (C=O) groups excluding carboxylic acids is 1. The van der Waals surface area contributed by atoms with Crippen molar-refractivity contribution in [3.63, 3.8) is 0 Å². The Morgan fingerprint density at radius 2 is 2.21 bits per heavy atom. The minimum Gasteiger partial charge on any atom is -0.507 e. The molecule has 4 N–H and O–H groups in total. The van der Waals surface area contributed by atoms with Crippen LogP contribution in [0.3, 0.4) is 0 Å². The minimum absolute atomic E-state index is 0.146. The lowest BCUT2D eigenvalue weighted by atomic mass is 10.0. The molecular weight excluding hydrogens is 182 g/mol. The molecule has 4 heteroatoms. The van der Waals surface area contributed by atoms with E-state index in [1.54, 1.807) is 19.1 Å². The number of aldehydes is 1. The van der Waals surface area contributed by atoms with Gasteiger partial charge < -0.3 is 15.9 Å². The maximum atomic E-state index is 10.6. The molecule has 0 amide bonds. The van der Waals surface area contributed by atoms with Crippen LogP contribution in [0.5, 0.6) is 5.75 Å². The van der Waals surface area contributed by atoms with Crippen molar-refractivity contribution >= 4 is 6.29 Å². The first-order valence-electron chi connectivity index (χ1n) is 4.25. The van der Waals surface area contributed by atoms with Crippen LogP contribution in [-0.2, 0) is 0 Å². The Morgan fingerprint density at radius 1 is 1.57 bits per heavy atom. The van der Waals surface area contributed by atoms with Crippen molar-refractivity contribution in [2.45, 2.75) is 13.0 Å². The molecule has 0 unspecified atom stereocenters. The fraction of sp³-hybridized carbons (Fsp3) is 0.300. The van der Waals surface area contributed by atoms with Crippen LogP contribution in [0.1, 0.15) is 27.5 Å². The highest BCUT2D eigenvalue weighted by Crippen LogP contribution is 2.27. The smallest absolute Gasteiger partial charge is 0.153 e. The standard InChI is InChI=1S/C10H13NO3/c1-6-2-7(4-12)10(14)8(3-6)9(11)5-13/h2-4,9,13-14H,5,11H2,1H3/t9-/m1/s1. The van der Waals surface area contributed by atoms with Crippen LogP contribution in [0.2, 0.25) is 0 Å². The SMILES string of the molecule is Cc1cc(C=O)c(O)c([C@H](N)CO)c1. The molecule has 1 atom stereocenters. The van der Waals surface area contributed by atoms with E-state index in [1.807, 2.05) is 0 Å². The van der Waals surface area contributed by atoms with Gasteiger partial charge in [0, 0.05) is 5.56 Å². The number of aliphatic hydroxyl groups excluding tert-OH is 1. The van der Waals surface area contributed by atoms with Gasteiger partial charge in [-0.05, 0) is 18.6 Å². The Morgan fingerprint density at radius 3 is 2.71 bits per heavy atom. The van der Waals surface area contributed by atoms with Crippen molar-refractivity contribution in [3.8, 4) is 5.75 Å². The molecule has 0 fully saturated rings. The Kier molecular flexibility index (Phi) is 3.22. The summed E-state index contributed by atoms with van der Waals surface area (Å²) in [6, 6.07) is 2.56. The highest BCUT2D eigenvalue weighted by Gasteiger charge is 2.13. The third-order valence-corrected chi connectivity index (χ3v) is 2.04. The molecule has 0 saturated carbocycles. The molecule has 1 rings (SSSR count). The van der Waals surface area contributed by atoms with Crippen LogP contribution >= 0.6 is 0 Å². The summed E-state index contributed by atoms with van der Waals surface area (Å²) in [5.41, 5.74) is 6.98. The second kappa shape index (κ2) is 4.21. The molecule has 0 bridgehead atoms. The van der Waals surface area contributed by atoms with E-state index in [4.69, 9.17) is 10.8 Å². The minimum atomic E-state index is -0.659. The second-order valence-electron chi connectivity index (χ2n) is 3.20. The molecule has 4 nitrogen and oxygen atoms in total. The molecule has 76 valence electrons. The number of nitrogens with two attached hydrogens (primary N) is 1. The van der Waals surface area contributed by atoms with E-state index in [0.717, 1.165) is 5.56 Å². The maximum Gasteiger partial charge on any atom is 0.153 e. The van der Waals surface area contributed by atoms with Crippen LogP contribution in [0, 0.1) is 6.92 Å². The van der Waals surface area contributed by atoms with Gasteiger partial charge in [0.2, 0.25) is 0 Å². The molecule has 1 aromatic carbocycles. The largest absolute Gasteiger partial charge is 0.507 e. The van der Waals surface area contributed by atoms with Gasteiger partial charge in [-0.3, -0.25) is 4.79 Å². The summed E-state index contributed by atoms with van der Waals surface area (Å²) in [7, 11) is 0. The molecular formula is C10H13NO3. The number of rotatable bonds is 3. The summed E-state index contributed by atoms with van der Waals surface area (Å²) in [5.74, 6) is -0.146. The fourth-order valence-electron chi connectivity index (χ4n) is 1.31. The van der Waals surface area contributed by atoms with Gasteiger partial charge in [-0.1, -0.05) is 6.07 Å². The molecule has 0 saturated heterocycles. The van der Waals surface area contributed by atoms with Crippen LogP contribution in [-0.4, -0.2) is 23.1 Å². The first-order chi connectivity index (χ1) is 6.60. The summed E-state index contributed by atoms with van der Waals surface area (Å²) < 4.78 is 0. The van der Waals surface area contributed by atoms with E-state index >= 15 is 0 Å². The van der Waals surface area contributed by atoms with Gasteiger partial charge in [0.05, 0.1) is 18.2 Å². The van der Waals surface area contributed by atoms with Gasteiger partial charge in [0.1, 0.15) is 5.75 Å². The summed E-state index contributed by atoms with van der Waals surface area (Å²) in [4.78, 5) is 10.6. The average molecular weight is 195 g/mol. The number of benzene rings is 1. The lowest BCUT2D eigenvalue weighted by molar-refractivity contribution is 0.112. The first kappa shape index (κ1) is 10.7. The molecule has 0 aliphatic rings. The first-order valence-corrected chi connectivity index (χ1v) is 4.25. The summed E-state index contributed by atoms with van der Waals surface area (Å²) in [5, 5.41) is 18.4. The lowest BCUT2D eigenvalue weighted by Gasteiger charge is -2.12. The molecule has 0 aliphatic carbocycles. The molecule has 1 aromatic rings. The summed E-state index contributed by atoms with van der Waals surface area (Å²) in [6.45, 7) is 1.52. The Labute approximate surface area is 82.0 Å². The molecule has 0 aromatic heterocycles. The number of hydrogen-bond donors (Lipinski definition) is 3. The highest BCUT2D eigenvalue weighted by atomic mass is 16.3. The predicted molar refractivity (Wildman–Crippen MR) is 52.2 cm³/mol. The highest BCUT2D eigenvalue weighted by molar-refractivity contribution is 5.80. The maximum absolute atomic E-state index is 10.6. The molecule has 0 radical (unpaired) electrons. The number of carbonyl (C=O) groups is 1. The van der Waals surface area contributed by atoms with Crippen molar-refractivity contribution in [3.05, 3.63) is 28.8 Å². The van der Waals surface area contributed by atoms with Crippen LogP contribution < -0.4 is 5.73 Å². The van der Waals surface area contributed by atoms with Gasteiger partial charge in [-0.25, -0.2) is 0 Å². The molecule has 0 spiro atoms. The summed E-state index contributed by atoms with van der Waals surface area (Å²) in [6.07, 6.45) is 0.565. The number of phenols is 1. The van der Waals surface area contributed by atoms with Crippen molar-refractivity contribution in [1.82, 2.24) is 0 Å². The van der Waals surface area contributed by atoms with E-state index in [9.17, 15) is 9.90 Å². The average Bonchev–Trinajstić information content (AvgIpc) is 2.19. The molecule has 0 aliphatic heterocycles. The topological polar surface area (TPSA) is 83.5 Å². The van der Waals surface area contributed by atoms with Crippen molar-refractivity contribution in [1.29, 1.82) is 0 Å². The third kappa shape index (κ3) is 1.92. The van der Waals surface area contributed by atoms with Gasteiger partial charge >= 0.3 is 0 Å².